The van der Waals surface area contributed by atoms with Gasteiger partial charge in [0.1, 0.15) is 6.54 Å². The van der Waals surface area contributed by atoms with Gasteiger partial charge in [0.25, 0.3) is 0 Å². The van der Waals surface area contributed by atoms with Crippen LogP contribution >= 0.6 is 0 Å². The molecule has 0 saturated heterocycles. The Kier molecular flexibility index (Phi) is 13.2. The molecule has 0 aromatic carbocycles. The topological polar surface area (TPSA) is 46.5 Å². The van der Waals surface area contributed by atoms with Crippen LogP contribution in [0.5, 0.6) is 0 Å². The molecule has 92 valence electrons. The largest absolute Gasteiger partial charge is 1.00 e. The molecule has 15 heavy (non-hydrogen) atoms. The predicted molar refractivity (Wildman–Crippen MR) is 57.2 cm³/mol. The number of quaternary nitrogens is 1. The fraction of sp³-hybridized carbons (Fsp3) is 0.700. The van der Waals surface area contributed by atoms with Gasteiger partial charge >= 0.3 is 5.97 Å². The summed E-state index contributed by atoms with van der Waals surface area (Å²) in [5.74, 6) is -0.935. The van der Waals surface area contributed by atoms with Crippen molar-refractivity contribution < 1.29 is 31.5 Å². The van der Waals surface area contributed by atoms with E-state index >= 15 is 0 Å². The Balaban J connectivity index is -0.000000187. The summed E-state index contributed by atoms with van der Waals surface area (Å²) in [6, 6.07) is 0. The average Bonchev–Trinajstić information content (AvgIpc) is 2.00. The molecule has 0 amide bonds. The summed E-state index contributed by atoms with van der Waals surface area (Å²) in [6.07, 6.45) is 0. The van der Waals surface area contributed by atoms with Crippen LogP contribution in [0, 0.1) is 0 Å². The Morgan fingerprint density at radius 2 is 1.73 bits per heavy atom. The molecular formula is C10H22ClNO3. The molecule has 0 unspecified atom stereocenters. The van der Waals surface area contributed by atoms with Crippen LogP contribution in [0.25, 0.3) is 0 Å². The third-order valence-electron chi connectivity index (χ3n) is 1.33. The Bertz CT molecular complexity index is 176. The Labute approximate surface area is 98.5 Å². The van der Waals surface area contributed by atoms with Crippen molar-refractivity contribution in [1.82, 2.24) is 0 Å². The van der Waals surface area contributed by atoms with E-state index in [1.807, 2.05) is 0 Å². The average molecular weight is 240 g/mol. The van der Waals surface area contributed by atoms with Crippen LogP contribution in [0.15, 0.2) is 12.2 Å². The highest BCUT2D eigenvalue weighted by Crippen LogP contribution is 1.87. The minimum absolute atomic E-state index is 0. The van der Waals surface area contributed by atoms with Crippen molar-refractivity contribution in [2.24, 2.45) is 0 Å². The molecule has 0 fully saturated rings. The number of aliphatic carboxylic acids is 1. The molecule has 0 bridgehead atoms. The zero-order valence-corrected chi connectivity index (χ0v) is 11.0. The number of rotatable bonds is 4. The van der Waals surface area contributed by atoms with Crippen LogP contribution in [0.3, 0.4) is 0 Å². The van der Waals surface area contributed by atoms with Gasteiger partial charge in [-0.3, -0.25) is 0 Å². The minimum Gasteiger partial charge on any atom is -1.00 e. The molecule has 0 heterocycles. The molecule has 0 rings (SSSR count). The lowest BCUT2D eigenvalue weighted by atomic mass is 10.4. The fourth-order valence-electron chi connectivity index (χ4n) is 0.365. The van der Waals surface area contributed by atoms with Crippen LogP contribution in [0.2, 0.25) is 0 Å². The molecule has 0 aliphatic heterocycles. The van der Waals surface area contributed by atoms with Crippen molar-refractivity contribution >= 4 is 5.97 Å². The van der Waals surface area contributed by atoms with Gasteiger partial charge in [0.2, 0.25) is 0 Å². The fourth-order valence-corrected chi connectivity index (χ4v) is 0.365. The van der Waals surface area contributed by atoms with Crippen LogP contribution in [-0.4, -0.2) is 57.0 Å². The van der Waals surface area contributed by atoms with E-state index < -0.39 is 5.97 Å². The number of likely N-dealkylation sites (N-methyl/N-ethyl adjacent to an activating group) is 1. The van der Waals surface area contributed by atoms with Gasteiger partial charge in [-0.15, -0.1) is 0 Å². The van der Waals surface area contributed by atoms with E-state index in [4.69, 9.17) is 9.84 Å². The van der Waals surface area contributed by atoms with Crippen LogP contribution < -0.4 is 12.4 Å². The first-order valence-corrected chi connectivity index (χ1v) is 4.39. The van der Waals surface area contributed by atoms with Gasteiger partial charge in [-0.25, -0.2) is 4.79 Å². The van der Waals surface area contributed by atoms with E-state index in [0.29, 0.717) is 0 Å². The van der Waals surface area contributed by atoms with Gasteiger partial charge in [0.05, 0.1) is 27.7 Å². The third-order valence-corrected chi connectivity index (χ3v) is 1.33. The van der Waals surface area contributed by atoms with Gasteiger partial charge < -0.3 is 26.7 Å². The van der Waals surface area contributed by atoms with E-state index in [1.54, 1.807) is 7.11 Å². The number of carboxylic acids is 1. The summed E-state index contributed by atoms with van der Waals surface area (Å²) in [6.45, 7) is 6.53. The summed E-state index contributed by atoms with van der Waals surface area (Å²) in [5.41, 5.74) is 0.176. The smallest absolute Gasteiger partial charge is 0.330 e. The maximum Gasteiger partial charge on any atom is 0.330 e. The van der Waals surface area contributed by atoms with Crippen LogP contribution in [-0.2, 0) is 9.53 Å². The second-order valence-electron chi connectivity index (χ2n) is 4.09. The summed E-state index contributed by atoms with van der Waals surface area (Å²) < 4.78 is 5.88. The molecule has 1 N–H and O–H groups in total. The quantitative estimate of drug-likeness (QED) is 0.456. The number of carbonyl (C=O) groups is 1. The molecule has 4 nitrogen and oxygen atoms in total. The van der Waals surface area contributed by atoms with Crippen molar-refractivity contribution in [3.8, 4) is 0 Å². The molecule has 0 spiro atoms. The van der Waals surface area contributed by atoms with E-state index in [0.717, 1.165) is 17.6 Å². The number of hydrogen-bond donors (Lipinski definition) is 1. The van der Waals surface area contributed by atoms with E-state index in [1.165, 1.54) is 6.92 Å². The number of methoxy groups -OCH3 is 1. The lowest BCUT2D eigenvalue weighted by molar-refractivity contribution is -0.870. The molecule has 0 aromatic heterocycles. The molecule has 5 heteroatoms. The first-order valence-electron chi connectivity index (χ1n) is 4.39. The second-order valence-corrected chi connectivity index (χ2v) is 4.09. The van der Waals surface area contributed by atoms with Gasteiger partial charge in [-0.05, 0) is 6.92 Å². The number of nitrogens with zero attached hydrogens (tertiary/aromatic N) is 1. The minimum atomic E-state index is -0.935. The maximum atomic E-state index is 9.60. The highest BCUT2D eigenvalue weighted by atomic mass is 35.5. The van der Waals surface area contributed by atoms with E-state index in [2.05, 4.69) is 27.7 Å². The van der Waals surface area contributed by atoms with Crippen LogP contribution in [0.4, 0.5) is 0 Å². The molecule has 0 saturated carbocycles. The first-order chi connectivity index (χ1) is 6.20. The zero-order valence-electron chi connectivity index (χ0n) is 10.2. The Morgan fingerprint density at radius 3 is 1.80 bits per heavy atom. The van der Waals surface area contributed by atoms with Gasteiger partial charge in [-0.1, -0.05) is 6.58 Å². The molecule has 0 aliphatic rings. The van der Waals surface area contributed by atoms with Crippen molar-refractivity contribution in [1.29, 1.82) is 0 Å². The standard InChI is InChI=1S/C6H16NO.C4H6O2.ClH/c1-7(2,3)5-6-8-4;1-3(2)4(5)6;/h5-6H2,1-4H3;1H2,2H3,(H,5,6);1H/q+1;;/p-1. The summed E-state index contributed by atoms with van der Waals surface area (Å²) in [7, 11) is 8.19. The van der Waals surface area contributed by atoms with Crippen molar-refractivity contribution in [2.75, 3.05) is 41.4 Å². The molecule has 0 aromatic rings. The summed E-state index contributed by atoms with van der Waals surface area (Å²) in [5, 5.41) is 7.89. The van der Waals surface area contributed by atoms with Crippen molar-refractivity contribution in [3.63, 3.8) is 0 Å². The van der Waals surface area contributed by atoms with Crippen molar-refractivity contribution in [2.45, 2.75) is 6.92 Å². The lowest BCUT2D eigenvalue weighted by Crippen LogP contribution is -3.00. The number of halogens is 1. The Hall–Kier alpha value is -0.580. The summed E-state index contributed by atoms with van der Waals surface area (Å²) >= 11 is 0. The number of carboxylic acid groups (broad SMARTS) is 1. The van der Waals surface area contributed by atoms with Gasteiger partial charge in [0.15, 0.2) is 0 Å². The van der Waals surface area contributed by atoms with Gasteiger partial charge in [-0.2, -0.15) is 0 Å². The second kappa shape index (κ2) is 9.96. The predicted octanol–water partition coefficient (Wildman–Crippen LogP) is -2.01. The summed E-state index contributed by atoms with van der Waals surface area (Å²) in [4.78, 5) is 9.60. The molecule has 0 aliphatic carbocycles. The van der Waals surface area contributed by atoms with Crippen LogP contribution in [0.1, 0.15) is 6.92 Å². The molecule has 0 radical (unpaired) electrons. The third kappa shape index (κ3) is 24.7. The zero-order chi connectivity index (χ0) is 11.8. The monoisotopic (exact) mass is 239 g/mol. The maximum absolute atomic E-state index is 9.60. The Morgan fingerprint density at radius 1 is 1.40 bits per heavy atom. The van der Waals surface area contributed by atoms with Crippen molar-refractivity contribution in [3.05, 3.63) is 12.2 Å². The highest BCUT2D eigenvalue weighted by molar-refractivity contribution is 5.84. The molecule has 0 atom stereocenters. The SMILES string of the molecule is C=C(C)C(=O)O.COCC[N+](C)(C)C.[Cl-]. The number of ether oxygens (including phenoxy) is 1. The highest BCUT2D eigenvalue weighted by Gasteiger charge is 2.03. The lowest BCUT2D eigenvalue weighted by Gasteiger charge is -2.22. The normalized spacial score (nSPS) is 9.40. The number of hydrogen-bond acceptors (Lipinski definition) is 2. The molecular weight excluding hydrogens is 218 g/mol. The van der Waals surface area contributed by atoms with Gasteiger partial charge in [0, 0.05) is 12.7 Å². The first kappa shape index (κ1) is 19.9. The van der Waals surface area contributed by atoms with E-state index in [-0.39, 0.29) is 18.0 Å². The van der Waals surface area contributed by atoms with E-state index in [9.17, 15) is 4.79 Å².